The molecule has 2 heterocycles. The molecule has 1 aromatic rings. The predicted molar refractivity (Wildman–Crippen MR) is 156 cm³/mol. The van der Waals surface area contributed by atoms with Crippen LogP contribution in [0.1, 0.15) is 102 Å². The van der Waals surface area contributed by atoms with Crippen LogP contribution in [0.4, 0.5) is 0 Å². The zero-order chi connectivity index (χ0) is 28.3. The first-order valence-corrected chi connectivity index (χ1v) is 16.2. The first kappa shape index (κ1) is 28.1. The quantitative estimate of drug-likeness (QED) is 0.395. The zero-order valence-corrected chi connectivity index (χ0v) is 24.9. The van der Waals surface area contributed by atoms with Crippen LogP contribution in [0.15, 0.2) is 47.6 Å². The van der Waals surface area contributed by atoms with E-state index in [4.69, 9.17) is 18.9 Å². The molecular formula is C35H48O6. The third-order valence-electron chi connectivity index (χ3n) is 11.9. The van der Waals surface area contributed by atoms with Gasteiger partial charge in [0.15, 0.2) is 12.1 Å². The van der Waals surface area contributed by atoms with Crippen molar-refractivity contribution in [1.29, 1.82) is 0 Å². The van der Waals surface area contributed by atoms with Gasteiger partial charge in [0.2, 0.25) is 0 Å². The Balaban J connectivity index is 1.27. The van der Waals surface area contributed by atoms with Crippen LogP contribution in [-0.4, -0.2) is 53.3 Å². The summed E-state index contributed by atoms with van der Waals surface area (Å²) in [5, 5.41) is 24.5. The van der Waals surface area contributed by atoms with E-state index in [1.165, 1.54) is 16.7 Å². The van der Waals surface area contributed by atoms with Crippen molar-refractivity contribution < 1.29 is 29.2 Å². The molecule has 1 spiro atoms. The van der Waals surface area contributed by atoms with Gasteiger partial charge in [-0.2, -0.15) is 0 Å². The number of benzene rings is 1. The second-order valence-corrected chi connectivity index (χ2v) is 14.0. The van der Waals surface area contributed by atoms with Crippen molar-refractivity contribution in [2.45, 2.75) is 120 Å². The molecule has 1 aromatic carbocycles. The van der Waals surface area contributed by atoms with Crippen LogP contribution in [0.3, 0.4) is 0 Å². The van der Waals surface area contributed by atoms with Gasteiger partial charge in [-0.25, -0.2) is 0 Å². The fraction of sp³-hybridized carbons (Fsp3) is 0.714. The van der Waals surface area contributed by atoms with E-state index in [2.05, 4.69) is 43.3 Å². The first-order chi connectivity index (χ1) is 19.8. The van der Waals surface area contributed by atoms with Crippen LogP contribution in [0.5, 0.6) is 5.75 Å². The fourth-order valence-electron chi connectivity index (χ4n) is 9.79. The van der Waals surface area contributed by atoms with Crippen LogP contribution < -0.4 is 4.74 Å². The predicted octanol–water partition coefficient (Wildman–Crippen LogP) is 6.56. The van der Waals surface area contributed by atoms with Gasteiger partial charge >= 0.3 is 0 Å². The normalized spacial score (nSPS) is 41.9. The molecule has 2 aliphatic heterocycles. The summed E-state index contributed by atoms with van der Waals surface area (Å²) in [6, 6.07) is 8.62. The molecule has 41 heavy (non-hydrogen) atoms. The Bertz CT molecular complexity index is 1180. The first-order valence-electron chi connectivity index (χ1n) is 16.2. The maximum absolute atomic E-state index is 12.3. The van der Waals surface area contributed by atoms with Gasteiger partial charge in [-0.15, -0.1) is 0 Å². The van der Waals surface area contributed by atoms with Gasteiger partial charge in [0.25, 0.3) is 0 Å². The maximum atomic E-state index is 12.3. The summed E-state index contributed by atoms with van der Waals surface area (Å²) in [7, 11) is 0. The van der Waals surface area contributed by atoms with E-state index < -0.39 is 17.0 Å². The van der Waals surface area contributed by atoms with Gasteiger partial charge in [-0.1, -0.05) is 36.8 Å². The molecule has 5 fully saturated rings. The standard InChI is InChI=1S/C35H48O6/c1-3-4-15-34(37)17-13-28-26-12-16-33(36)23-35(39-20-21-40-35)18-14-29(33)31(26)27(22-32(28,34)2)24-8-10-25(11-9-24)41-30-7-5-6-19-38-30/h3-4,8-11,26-28,30,36-37H,5-7,12-23H2,1-2H3/b4-3+/t26-,27+,28-,30?,32-,33+,34-/m0/s1. The summed E-state index contributed by atoms with van der Waals surface area (Å²) < 4.78 is 24.2. The summed E-state index contributed by atoms with van der Waals surface area (Å²) >= 11 is 0. The van der Waals surface area contributed by atoms with Crippen molar-refractivity contribution in [3.05, 3.63) is 53.1 Å². The lowest BCUT2D eigenvalue weighted by molar-refractivity contribution is -0.208. The lowest BCUT2D eigenvalue weighted by Crippen LogP contribution is -2.55. The van der Waals surface area contributed by atoms with Gasteiger partial charge in [0.05, 0.1) is 31.0 Å². The molecule has 6 aliphatic rings. The second-order valence-electron chi connectivity index (χ2n) is 14.0. The number of ether oxygens (including phenoxy) is 4. The topological polar surface area (TPSA) is 77.4 Å². The Kier molecular flexibility index (Phi) is 7.18. The smallest absolute Gasteiger partial charge is 0.199 e. The zero-order valence-electron chi connectivity index (χ0n) is 24.9. The van der Waals surface area contributed by atoms with Crippen molar-refractivity contribution in [2.75, 3.05) is 19.8 Å². The van der Waals surface area contributed by atoms with Crippen molar-refractivity contribution in [3.63, 3.8) is 0 Å². The van der Waals surface area contributed by atoms with Crippen molar-refractivity contribution >= 4 is 0 Å². The third kappa shape index (κ3) is 4.64. The SMILES string of the molecule is C/C=C/C[C@]1(O)CC[C@H]2[C@@H]3CC[C@@]4(O)CC5(CCC4=C3[C@@H](c3ccc(OC4CCCCO4)cc3)C[C@@]21C)OCCO5. The molecule has 6 nitrogen and oxygen atoms in total. The van der Waals surface area contributed by atoms with Crippen LogP contribution in [0.2, 0.25) is 0 Å². The lowest BCUT2D eigenvalue weighted by Gasteiger charge is -2.57. The monoisotopic (exact) mass is 564 g/mol. The van der Waals surface area contributed by atoms with Crippen molar-refractivity contribution in [3.8, 4) is 5.75 Å². The molecule has 7 rings (SSSR count). The highest BCUT2D eigenvalue weighted by Crippen LogP contribution is 2.68. The molecule has 6 heteroatoms. The average Bonchev–Trinajstić information content (AvgIpc) is 3.53. The van der Waals surface area contributed by atoms with Crippen molar-refractivity contribution in [1.82, 2.24) is 0 Å². The Morgan fingerprint density at radius 2 is 1.78 bits per heavy atom. The molecule has 0 amide bonds. The Morgan fingerprint density at radius 1 is 0.976 bits per heavy atom. The van der Waals surface area contributed by atoms with E-state index in [0.717, 1.165) is 76.6 Å². The van der Waals surface area contributed by atoms with Gasteiger partial charge in [-0.05, 0) is 99.8 Å². The highest BCUT2D eigenvalue weighted by Gasteiger charge is 2.64. The van der Waals surface area contributed by atoms with E-state index in [-0.39, 0.29) is 17.6 Å². The number of rotatable bonds is 5. The minimum atomic E-state index is -0.887. The largest absolute Gasteiger partial charge is 0.465 e. The van der Waals surface area contributed by atoms with Crippen molar-refractivity contribution in [2.24, 2.45) is 17.3 Å². The Morgan fingerprint density at radius 3 is 2.51 bits per heavy atom. The van der Waals surface area contributed by atoms with Crippen LogP contribution >= 0.6 is 0 Å². The number of allylic oxidation sites excluding steroid dienone is 2. The van der Waals surface area contributed by atoms with E-state index in [0.29, 0.717) is 37.9 Å². The molecule has 0 aromatic heterocycles. The number of aliphatic hydroxyl groups is 2. The van der Waals surface area contributed by atoms with E-state index in [1.807, 2.05) is 6.92 Å². The molecule has 3 saturated carbocycles. The molecule has 2 saturated heterocycles. The molecular weight excluding hydrogens is 516 g/mol. The van der Waals surface area contributed by atoms with Crippen LogP contribution in [-0.2, 0) is 14.2 Å². The molecule has 7 atom stereocenters. The highest BCUT2D eigenvalue weighted by atomic mass is 16.7. The summed E-state index contributed by atoms with van der Waals surface area (Å²) in [6.07, 6.45) is 14.5. The molecule has 4 aliphatic carbocycles. The molecule has 2 N–H and O–H groups in total. The molecule has 0 bridgehead atoms. The number of fused-ring (bicyclic) bond motifs is 4. The van der Waals surface area contributed by atoms with Gasteiger partial charge < -0.3 is 29.2 Å². The van der Waals surface area contributed by atoms with Crippen LogP contribution in [0, 0.1) is 17.3 Å². The van der Waals surface area contributed by atoms with Gasteiger partial charge in [-0.3, -0.25) is 0 Å². The van der Waals surface area contributed by atoms with E-state index >= 15 is 0 Å². The number of hydrogen-bond acceptors (Lipinski definition) is 6. The van der Waals surface area contributed by atoms with Crippen LogP contribution in [0.25, 0.3) is 0 Å². The summed E-state index contributed by atoms with van der Waals surface area (Å²) in [4.78, 5) is 0. The summed E-state index contributed by atoms with van der Waals surface area (Å²) in [5.74, 6) is 1.15. The second kappa shape index (κ2) is 10.5. The Hall–Kier alpha value is -1.70. The fourth-order valence-corrected chi connectivity index (χ4v) is 9.79. The highest BCUT2D eigenvalue weighted by molar-refractivity contribution is 5.45. The third-order valence-corrected chi connectivity index (χ3v) is 11.9. The lowest BCUT2D eigenvalue weighted by atomic mass is 9.49. The summed E-state index contributed by atoms with van der Waals surface area (Å²) in [6.45, 7) is 6.39. The molecule has 0 radical (unpaired) electrons. The van der Waals surface area contributed by atoms with E-state index in [9.17, 15) is 10.2 Å². The van der Waals surface area contributed by atoms with Gasteiger partial charge in [0.1, 0.15) is 5.75 Å². The average molecular weight is 565 g/mol. The number of hydrogen-bond donors (Lipinski definition) is 2. The molecule has 1 unspecified atom stereocenters. The van der Waals surface area contributed by atoms with Gasteiger partial charge in [0, 0.05) is 30.6 Å². The maximum Gasteiger partial charge on any atom is 0.199 e. The Labute approximate surface area is 245 Å². The minimum Gasteiger partial charge on any atom is -0.465 e. The minimum absolute atomic E-state index is 0.151. The van der Waals surface area contributed by atoms with E-state index in [1.54, 1.807) is 0 Å². The summed E-state index contributed by atoms with van der Waals surface area (Å²) in [5.41, 5.74) is 2.16. The molecule has 224 valence electrons.